The molecule has 1 aliphatic heterocycles. The lowest BCUT2D eigenvalue weighted by molar-refractivity contribution is -0.277. The van der Waals surface area contributed by atoms with Crippen molar-refractivity contribution in [3.05, 3.63) is 24.0 Å². The van der Waals surface area contributed by atoms with Crippen LogP contribution in [0.15, 0.2) is 22.8 Å². The highest BCUT2D eigenvalue weighted by Crippen LogP contribution is 2.42. The quantitative estimate of drug-likeness (QED) is 0.254. The number of hydrogen-bond donors (Lipinski definition) is 4. The molecule has 4 N–H and O–H groups in total. The lowest BCUT2D eigenvalue weighted by Gasteiger charge is -2.39. The van der Waals surface area contributed by atoms with Crippen molar-refractivity contribution < 1.29 is 48.6 Å². The van der Waals surface area contributed by atoms with Gasteiger partial charge in [-0.05, 0) is 49.8 Å². The molecule has 3 rings (SSSR count). The summed E-state index contributed by atoms with van der Waals surface area (Å²) in [7, 11) is 0. The maximum absolute atomic E-state index is 12.0. The van der Waals surface area contributed by atoms with Crippen molar-refractivity contribution in [2.75, 3.05) is 19.8 Å². The molecule has 1 aliphatic rings. The first-order valence-electron chi connectivity index (χ1n) is 12.0. The van der Waals surface area contributed by atoms with E-state index < -0.39 is 37.3 Å². The van der Waals surface area contributed by atoms with Crippen LogP contribution in [0.1, 0.15) is 45.6 Å². The van der Waals surface area contributed by atoms with Crippen molar-refractivity contribution in [1.82, 2.24) is 0 Å². The Morgan fingerprint density at radius 3 is 2.60 bits per heavy atom. The van der Waals surface area contributed by atoms with Crippen LogP contribution in [0.5, 0.6) is 11.5 Å². The second kappa shape index (κ2) is 12.5. The first kappa shape index (κ1) is 27.2. The molecule has 0 bridgehead atoms. The van der Waals surface area contributed by atoms with E-state index in [1.54, 1.807) is 19.1 Å². The Labute approximate surface area is 204 Å². The van der Waals surface area contributed by atoms with Crippen LogP contribution in [0.25, 0.3) is 11.0 Å². The molecule has 1 aromatic heterocycles. The zero-order valence-electron chi connectivity index (χ0n) is 20.4. The third kappa shape index (κ3) is 6.65. The predicted molar refractivity (Wildman–Crippen MR) is 125 cm³/mol. The van der Waals surface area contributed by atoms with Gasteiger partial charge in [0.15, 0.2) is 11.3 Å². The van der Waals surface area contributed by atoms with Gasteiger partial charge in [-0.3, -0.25) is 4.79 Å². The van der Waals surface area contributed by atoms with Gasteiger partial charge in [-0.1, -0.05) is 13.8 Å². The third-order valence-electron chi connectivity index (χ3n) is 5.89. The predicted octanol–water partition coefficient (Wildman–Crippen LogP) is 1.92. The molecule has 0 unspecified atom stereocenters. The van der Waals surface area contributed by atoms with Crippen LogP contribution in [0, 0.1) is 5.92 Å². The summed E-state index contributed by atoms with van der Waals surface area (Å²) >= 11 is 0. The van der Waals surface area contributed by atoms with Crippen molar-refractivity contribution in [3.8, 4) is 11.5 Å². The number of benzene rings is 1. The number of rotatable bonds is 12. The van der Waals surface area contributed by atoms with E-state index in [1.165, 1.54) is 6.26 Å². The minimum absolute atomic E-state index is 0.0784. The summed E-state index contributed by atoms with van der Waals surface area (Å²) in [4.78, 5) is 12.0. The van der Waals surface area contributed by atoms with E-state index in [2.05, 4.69) is 13.8 Å². The van der Waals surface area contributed by atoms with Crippen molar-refractivity contribution in [2.45, 2.75) is 77.2 Å². The minimum Gasteiger partial charge on any atom is -0.486 e. The largest absolute Gasteiger partial charge is 0.486 e. The van der Waals surface area contributed by atoms with Crippen LogP contribution < -0.4 is 9.47 Å². The van der Waals surface area contributed by atoms with Crippen molar-refractivity contribution in [3.63, 3.8) is 0 Å². The van der Waals surface area contributed by atoms with Gasteiger partial charge in [0.1, 0.15) is 24.4 Å². The molecule has 0 aliphatic carbocycles. The summed E-state index contributed by atoms with van der Waals surface area (Å²) in [5, 5.41) is 41.1. The van der Waals surface area contributed by atoms with Crippen LogP contribution >= 0.6 is 0 Å². The number of carbonyl (C=O) groups excluding carboxylic acids is 1. The van der Waals surface area contributed by atoms with Gasteiger partial charge < -0.3 is 43.8 Å². The summed E-state index contributed by atoms with van der Waals surface area (Å²) in [6, 6.07) is 3.56. The number of aryl methyl sites for hydroxylation is 1. The number of esters is 1. The Morgan fingerprint density at radius 1 is 1.14 bits per heavy atom. The zero-order chi connectivity index (χ0) is 25.5. The number of fused-ring (bicyclic) bond motifs is 1. The molecule has 5 atom stereocenters. The molecule has 1 saturated heterocycles. The first-order valence-corrected chi connectivity index (χ1v) is 12.0. The Kier molecular flexibility index (Phi) is 9.76. The van der Waals surface area contributed by atoms with E-state index in [-0.39, 0.29) is 36.9 Å². The number of aliphatic hydroxyl groups is 4. The molecule has 1 aromatic carbocycles. The summed E-state index contributed by atoms with van der Waals surface area (Å²) < 4.78 is 28.4. The Bertz CT molecular complexity index is 953. The fourth-order valence-corrected chi connectivity index (χ4v) is 3.98. The van der Waals surface area contributed by atoms with Crippen molar-refractivity contribution in [1.29, 1.82) is 0 Å². The molecule has 1 fully saturated rings. The van der Waals surface area contributed by atoms with Crippen molar-refractivity contribution in [2.24, 2.45) is 5.92 Å². The molecular formula is C25H36O10. The highest BCUT2D eigenvalue weighted by Gasteiger charge is 2.45. The second-order valence-electron chi connectivity index (χ2n) is 9.04. The average molecular weight is 497 g/mol. The van der Waals surface area contributed by atoms with Gasteiger partial charge in [0, 0.05) is 11.8 Å². The lowest BCUT2D eigenvalue weighted by Crippen LogP contribution is -2.60. The van der Waals surface area contributed by atoms with E-state index in [0.29, 0.717) is 23.7 Å². The molecule has 0 saturated carbocycles. The van der Waals surface area contributed by atoms with Crippen LogP contribution in [0.2, 0.25) is 0 Å². The monoisotopic (exact) mass is 496 g/mol. The van der Waals surface area contributed by atoms with Gasteiger partial charge in [-0.15, -0.1) is 0 Å². The van der Waals surface area contributed by atoms with Crippen LogP contribution in [0.3, 0.4) is 0 Å². The summed E-state index contributed by atoms with van der Waals surface area (Å²) in [6.07, 6.45) is -3.70. The highest BCUT2D eigenvalue weighted by atomic mass is 16.7. The summed E-state index contributed by atoms with van der Waals surface area (Å²) in [6.45, 7) is 6.02. The van der Waals surface area contributed by atoms with Gasteiger partial charge in [0.25, 0.3) is 0 Å². The van der Waals surface area contributed by atoms with E-state index >= 15 is 0 Å². The van der Waals surface area contributed by atoms with Crippen LogP contribution in [-0.4, -0.2) is 76.9 Å². The topological polar surface area (TPSA) is 148 Å². The average Bonchev–Trinajstić information content (AvgIpc) is 3.30. The number of aliphatic hydroxyl groups excluding tert-OH is 4. The molecule has 2 aromatic rings. The summed E-state index contributed by atoms with van der Waals surface area (Å²) in [5.74, 6) is 0.596. The van der Waals surface area contributed by atoms with E-state index in [4.69, 9.17) is 23.4 Å². The van der Waals surface area contributed by atoms with E-state index in [9.17, 15) is 25.2 Å². The standard InChI is InChI=1S/C25H36O10/c1-4-31-18(27)8-7-15-12-16-9-11-33-22(16)24(32-10-5-6-14(2)3)23(15)35-25-21(30)20(29)19(28)17(13-26)34-25/h9,11-12,14,17,19-21,25-26,28-30H,4-8,10,13H2,1-3H3/t17-,19-,20+,21-,25-/m1/s1. The smallest absolute Gasteiger partial charge is 0.306 e. The maximum Gasteiger partial charge on any atom is 0.306 e. The Hall–Kier alpha value is -2.37. The van der Waals surface area contributed by atoms with E-state index in [1.807, 2.05) is 0 Å². The van der Waals surface area contributed by atoms with Gasteiger partial charge in [-0.25, -0.2) is 0 Å². The normalized spacial score (nSPS) is 24.6. The minimum atomic E-state index is -1.60. The van der Waals surface area contributed by atoms with Gasteiger partial charge in [-0.2, -0.15) is 0 Å². The number of carbonyl (C=O) groups is 1. The molecule has 0 spiro atoms. The molecule has 196 valence electrons. The van der Waals surface area contributed by atoms with Crippen LogP contribution in [0.4, 0.5) is 0 Å². The third-order valence-corrected chi connectivity index (χ3v) is 5.89. The number of ether oxygens (including phenoxy) is 4. The van der Waals surface area contributed by atoms with Crippen LogP contribution in [-0.2, 0) is 20.7 Å². The number of furan rings is 1. The molecule has 35 heavy (non-hydrogen) atoms. The fraction of sp³-hybridized carbons (Fsp3) is 0.640. The van der Waals surface area contributed by atoms with Gasteiger partial charge in [0.05, 0.1) is 26.1 Å². The van der Waals surface area contributed by atoms with E-state index in [0.717, 1.165) is 18.2 Å². The summed E-state index contributed by atoms with van der Waals surface area (Å²) in [5.41, 5.74) is 1.01. The molecular weight excluding hydrogens is 460 g/mol. The zero-order valence-corrected chi connectivity index (χ0v) is 20.4. The lowest BCUT2D eigenvalue weighted by atomic mass is 9.99. The molecule has 0 amide bonds. The highest BCUT2D eigenvalue weighted by molar-refractivity contribution is 5.87. The number of hydrogen-bond acceptors (Lipinski definition) is 10. The first-order chi connectivity index (χ1) is 16.8. The van der Waals surface area contributed by atoms with Crippen molar-refractivity contribution >= 4 is 16.9 Å². The molecule has 2 heterocycles. The molecule has 10 heteroatoms. The SMILES string of the molecule is CCOC(=O)CCc1cc2ccoc2c(OCCCC(C)C)c1O[C@H]1O[C@H](CO)[C@@H](O)[C@H](O)[C@H]1O. The van der Waals surface area contributed by atoms with Gasteiger partial charge >= 0.3 is 5.97 Å². The fourth-order valence-electron chi connectivity index (χ4n) is 3.98. The Balaban J connectivity index is 1.96. The maximum atomic E-state index is 12.0. The second-order valence-corrected chi connectivity index (χ2v) is 9.04. The molecule has 10 nitrogen and oxygen atoms in total. The molecule has 0 radical (unpaired) electrons. The van der Waals surface area contributed by atoms with Gasteiger partial charge in [0.2, 0.25) is 12.0 Å². The Morgan fingerprint density at radius 2 is 1.91 bits per heavy atom.